The van der Waals surface area contributed by atoms with E-state index in [4.69, 9.17) is 12.2 Å². The molecule has 1 aliphatic rings. The predicted octanol–water partition coefficient (Wildman–Crippen LogP) is 0.0416. The van der Waals surface area contributed by atoms with Crippen LogP contribution < -0.4 is 10.8 Å². The van der Waals surface area contributed by atoms with Gasteiger partial charge in [0, 0.05) is 0 Å². The van der Waals surface area contributed by atoms with E-state index in [1.54, 1.807) is 6.21 Å². The summed E-state index contributed by atoms with van der Waals surface area (Å²) in [6.45, 7) is 3.51. The van der Waals surface area contributed by atoms with Gasteiger partial charge in [-0.25, -0.2) is 0 Å². The highest BCUT2D eigenvalue weighted by Gasteiger charge is 2.30. The number of fused-ring (bicyclic) bond motifs is 1. The fraction of sp³-hybridized carbons (Fsp3) is 0. The molecule has 0 saturated heterocycles. The molecule has 80 valence electrons. The third-order valence-corrected chi connectivity index (χ3v) is 2.57. The summed E-state index contributed by atoms with van der Waals surface area (Å²) in [6, 6.07) is 7.50. The molecule has 0 spiro atoms. The molecule has 0 radical (unpaired) electrons. The number of thiocarbonyl (C=S) groups is 1. The molecule has 0 atom stereocenters. The average molecular weight is 231 g/mol. The van der Waals surface area contributed by atoms with Gasteiger partial charge >= 0.3 is 7.05 Å². The lowest BCUT2D eigenvalue weighted by atomic mass is 9.70. The summed E-state index contributed by atoms with van der Waals surface area (Å²) >= 11 is 5.05. The van der Waals surface area contributed by atoms with E-state index in [2.05, 4.69) is 17.0 Å². The number of nitrogens with zero attached hydrogens (tertiary/aromatic N) is 2. The van der Waals surface area contributed by atoms with Crippen LogP contribution in [0.3, 0.4) is 0 Å². The monoisotopic (exact) mass is 231 g/mol. The van der Waals surface area contributed by atoms with E-state index in [1.807, 2.05) is 24.3 Å². The van der Waals surface area contributed by atoms with E-state index in [0.717, 1.165) is 11.0 Å². The molecule has 1 aromatic carbocycles. The second kappa shape index (κ2) is 4.46. The number of rotatable bonds is 1. The minimum absolute atomic E-state index is 0.313. The Kier molecular flexibility index (Phi) is 3.03. The van der Waals surface area contributed by atoms with Crippen LogP contribution in [0.1, 0.15) is 5.56 Å². The number of hydrogen-bond donors (Lipinski definition) is 2. The lowest BCUT2D eigenvalue weighted by molar-refractivity contribution is 0.491. The van der Waals surface area contributed by atoms with E-state index in [9.17, 15) is 5.02 Å². The van der Waals surface area contributed by atoms with Crippen molar-refractivity contribution < 1.29 is 5.02 Å². The largest absolute Gasteiger partial charge is 0.473 e. The molecule has 0 fully saturated rings. The van der Waals surface area contributed by atoms with Crippen molar-refractivity contribution in [2.24, 2.45) is 5.10 Å². The lowest BCUT2D eigenvalue weighted by Crippen LogP contribution is -2.54. The van der Waals surface area contributed by atoms with Gasteiger partial charge in [0.1, 0.15) is 0 Å². The number of nitrogens with one attached hydrogen (secondary N) is 1. The molecule has 1 aromatic rings. The summed E-state index contributed by atoms with van der Waals surface area (Å²) in [5.41, 5.74) is 1.68. The van der Waals surface area contributed by atoms with E-state index < -0.39 is 7.05 Å². The lowest BCUT2D eigenvalue weighted by Gasteiger charge is -2.26. The molecule has 16 heavy (non-hydrogen) atoms. The molecule has 0 aliphatic carbocycles. The van der Waals surface area contributed by atoms with Gasteiger partial charge in [-0.05, 0) is 29.4 Å². The van der Waals surface area contributed by atoms with Crippen LogP contribution in [0.15, 0.2) is 42.1 Å². The van der Waals surface area contributed by atoms with Crippen LogP contribution in [0.5, 0.6) is 0 Å². The molecule has 0 saturated carbocycles. The van der Waals surface area contributed by atoms with Gasteiger partial charge in [-0.3, -0.25) is 4.92 Å². The molecule has 4 nitrogen and oxygen atoms in total. The molecule has 6 heteroatoms. The summed E-state index contributed by atoms with van der Waals surface area (Å²) in [7, 11) is -0.860. The first-order chi connectivity index (χ1) is 7.74. The highest BCUT2D eigenvalue weighted by Crippen LogP contribution is 2.05. The number of benzene rings is 1. The van der Waals surface area contributed by atoms with Crippen LogP contribution in [-0.2, 0) is 0 Å². The molecule has 1 heterocycles. The maximum absolute atomic E-state index is 10.1. The van der Waals surface area contributed by atoms with Crippen LogP contribution >= 0.6 is 12.2 Å². The average Bonchev–Trinajstić information content (AvgIpc) is 2.30. The molecule has 1 aliphatic heterocycles. The van der Waals surface area contributed by atoms with Crippen LogP contribution in [-0.4, -0.2) is 28.3 Å². The Morgan fingerprint density at radius 3 is 3.06 bits per heavy atom. The Morgan fingerprint density at radius 2 is 2.31 bits per heavy atom. The van der Waals surface area contributed by atoms with Gasteiger partial charge in [-0.1, -0.05) is 30.8 Å². The Bertz CT molecular complexity index is 463. The first-order valence-electron chi connectivity index (χ1n) is 4.75. The molecular formula is C10H10BN3OS. The van der Waals surface area contributed by atoms with Crippen molar-refractivity contribution >= 4 is 36.1 Å². The Balaban J connectivity index is 2.30. The molecule has 0 aromatic heterocycles. The van der Waals surface area contributed by atoms with E-state index >= 15 is 0 Å². The predicted molar refractivity (Wildman–Crippen MR) is 69.4 cm³/mol. The Labute approximate surface area is 99.4 Å². The van der Waals surface area contributed by atoms with Crippen molar-refractivity contribution in [2.45, 2.75) is 0 Å². The van der Waals surface area contributed by atoms with Crippen LogP contribution in [0.4, 0.5) is 0 Å². The van der Waals surface area contributed by atoms with Gasteiger partial charge in [0.2, 0.25) is 0 Å². The molecular weight excluding hydrogens is 221 g/mol. The minimum atomic E-state index is -0.860. The SMILES string of the molecule is C=CNC(=S)N1N=Cc2ccccc2B1O. The zero-order valence-electron chi connectivity index (χ0n) is 8.50. The van der Waals surface area contributed by atoms with Crippen LogP contribution in [0.2, 0.25) is 0 Å². The number of hydrazone groups is 1. The maximum Gasteiger partial charge on any atom is 0.473 e. The van der Waals surface area contributed by atoms with E-state index in [0.29, 0.717) is 5.11 Å². The minimum Gasteiger partial charge on any atom is -0.427 e. The van der Waals surface area contributed by atoms with Crippen molar-refractivity contribution in [3.8, 4) is 0 Å². The van der Waals surface area contributed by atoms with Crippen LogP contribution in [0.25, 0.3) is 0 Å². The third kappa shape index (κ3) is 1.85. The summed E-state index contributed by atoms with van der Waals surface area (Å²) < 4.78 is 0. The van der Waals surface area contributed by atoms with Crippen molar-refractivity contribution in [1.29, 1.82) is 0 Å². The fourth-order valence-corrected chi connectivity index (χ4v) is 1.73. The topological polar surface area (TPSA) is 47.9 Å². The van der Waals surface area contributed by atoms with Crippen molar-refractivity contribution in [1.82, 2.24) is 10.2 Å². The second-order valence-corrected chi connectivity index (χ2v) is 3.63. The number of hydrogen-bond acceptors (Lipinski definition) is 3. The first kappa shape index (κ1) is 10.8. The van der Waals surface area contributed by atoms with Crippen molar-refractivity contribution in [3.05, 3.63) is 42.6 Å². The van der Waals surface area contributed by atoms with Gasteiger partial charge in [-0.2, -0.15) is 5.10 Å². The van der Waals surface area contributed by atoms with Crippen LogP contribution in [0, 0.1) is 0 Å². The van der Waals surface area contributed by atoms with Gasteiger partial charge < -0.3 is 10.3 Å². The summed E-state index contributed by atoms with van der Waals surface area (Å²) in [5.74, 6) is 0. The van der Waals surface area contributed by atoms with Crippen molar-refractivity contribution in [3.63, 3.8) is 0 Å². The second-order valence-electron chi connectivity index (χ2n) is 3.25. The van der Waals surface area contributed by atoms with Gasteiger partial charge in [-0.15, -0.1) is 0 Å². The fourth-order valence-electron chi connectivity index (χ4n) is 1.50. The normalized spacial score (nSPS) is 13.3. The summed E-state index contributed by atoms with van der Waals surface area (Å²) in [5, 5.41) is 17.2. The standard InChI is InChI=1S/C10H10BN3OS/c1-2-12-10(16)14-11(15)9-6-4-3-5-8(9)7-13-14/h2-7,15H,1H2,(H,12,16). The summed E-state index contributed by atoms with van der Waals surface area (Å²) in [4.78, 5) is 1.33. The zero-order chi connectivity index (χ0) is 11.5. The Morgan fingerprint density at radius 1 is 1.56 bits per heavy atom. The molecule has 0 unspecified atom stereocenters. The smallest absolute Gasteiger partial charge is 0.427 e. The quantitative estimate of drug-likeness (QED) is 0.529. The zero-order valence-corrected chi connectivity index (χ0v) is 9.31. The highest BCUT2D eigenvalue weighted by molar-refractivity contribution is 7.80. The van der Waals surface area contributed by atoms with Gasteiger partial charge in [0.25, 0.3) is 0 Å². The van der Waals surface area contributed by atoms with Gasteiger partial charge in [0.05, 0.1) is 6.21 Å². The highest BCUT2D eigenvalue weighted by atomic mass is 32.1. The Hall–Kier alpha value is -1.66. The van der Waals surface area contributed by atoms with Gasteiger partial charge in [0.15, 0.2) is 5.11 Å². The van der Waals surface area contributed by atoms with E-state index in [1.165, 1.54) is 11.1 Å². The van der Waals surface area contributed by atoms with E-state index in [-0.39, 0.29) is 0 Å². The third-order valence-electron chi connectivity index (χ3n) is 2.26. The van der Waals surface area contributed by atoms with Crippen molar-refractivity contribution in [2.75, 3.05) is 0 Å². The molecule has 0 amide bonds. The molecule has 2 rings (SSSR count). The molecule has 0 bridgehead atoms. The molecule has 2 N–H and O–H groups in total. The maximum atomic E-state index is 10.1. The first-order valence-corrected chi connectivity index (χ1v) is 5.16. The summed E-state index contributed by atoms with van der Waals surface area (Å²) in [6.07, 6.45) is 3.12.